The zero-order chi connectivity index (χ0) is 13.8. The maximum atomic E-state index is 6.15. The average molecular weight is 293 g/mol. The molecule has 0 aliphatic carbocycles. The second kappa shape index (κ2) is 6.35. The Morgan fingerprint density at radius 3 is 2.80 bits per heavy atom. The molecule has 3 rings (SSSR count). The zero-order valence-electron chi connectivity index (χ0n) is 11.2. The van der Waals surface area contributed by atoms with E-state index in [0.717, 1.165) is 49.4 Å². The van der Waals surface area contributed by atoms with E-state index in [1.54, 1.807) is 6.33 Å². The lowest BCUT2D eigenvalue weighted by molar-refractivity contribution is 0.0212. The van der Waals surface area contributed by atoms with Gasteiger partial charge in [-0.3, -0.25) is 4.90 Å². The molecule has 6 heteroatoms. The molecule has 0 unspecified atom stereocenters. The monoisotopic (exact) mass is 292 g/mol. The van der Waals surface area contributed by atoms with Gasteiger partial charge in [0.1, 0.15) is 6.33 Å². The lowest BCUT2D eigenvalue weighted by Crippen LogP contribution is -2.37. The number of benzene rings is 1. The minimum Gasteiger partial charge on any atom is -0.379 e. The Balaban J connectivity index is 1.63. The molecule has 2 heterocycles. The molecule has 1 aliphatic heterocycles. The molecule has 0 saturated carbocycles. The summed E-state index contributed by atoms with van der Waals surface area (Å²) in [6.45, 7) is 4.24. The van der Waals surface area contributed by atoms with E-state index < -0.39 is 0 Å². The van der Waals surface area contributed by atoms with E-state index in [-0.39, 0.29) is 0 Å². The third-order valence-electron chi connectivity index (χ3n) is 3.34. The Hall–Kier alpha value is -1.43. The molecule has 0 bridgehead atoms. The molecule has 0 radical (unpaired) electrons. The van der Waals surface area contributed by atoms with E-state index in [2.05, 4.69) is 15.0 Å². The molecule has 1 saturated heterocycles. The molecule has 2 aromatic rings. The Morgan fingerprint density at radius 1 is 1.20 bits per heavy atom. The van der Waals surface area contributed by atoms with E-state index in [1.807, 2.05) is 28.9 Å². The van der Waals surface area contributed by atoms with Gasteiger partial charge in [-0.2, -0.15) is 5.10 Å². The van der Waals surface area contributed by atoms with E-state index in [4.69, 9.17) is 16.3 Å². The van der Waals surface area contributed by atoms with E-state index in [9.17, 15) is 0 Å². The summed E-state index contributed by atoms with van der Waals surface area (Å²) >= 11 is 6.15. The summed E-state index contributed by atoms with van der Waals surface area (Å²) in [4.78, 5) is 6.66. The largest absolute Gasteiger partial charge is 0.379 e. The maximum absolute atomic E-state index is 6.15. The van der Waals surface area contributed by atoms with Crippen LogP contribution in [0.2, 0.25) is 5.02 Å². The minimum atomic E-state index is 0.662. The van der Waals surface area contributed by atoms with Crippen molar-refractivity contribution in [1.29, 1.82) is 0 Å². The summed E-state index contributed by atoms with van der Waals surface area (Å²) in [6.07, 6.45) is 2.44. The van der Waals surface area contributed by atoms with E-state index in [1.165, 1.54) is 0 Å². The van der Waals surface area contributed by atoms with Crippen LogP contribution in [0.4, 0.5) is 0 Å². The van der Waals surface area contributed by atoms with Gasteiger partial charge in [0.15, 0.2) is 5.82 Å². The fourth-order valence-corrected chi connectivity index (χ4v) is 2.44. The molecular weight excluding hydrogens is 276 g/mol. The molecule has 0 N–H and O–H groups in total. The highest BCUT2D eigenvalue weighted by Gasteiger charge is 2.12. The highest BCUT2D eigenvalue weighted by atomic mass is 35.5. The van der Waals surface area contributed by atoms with Crippen molar-refractivity contribution < 1.29 is 4.74 Å². The number of aromatic nitrogens is 3. The van der Waals surface area contributed by atoms with Gasteiger partial charge in [0, 0.05) is 24.5 Å². The minimum absolute atomic E-state index is 0.662. The lowest BCUT2D eigenvalue weighted by Gasteiger charge is -2.25. The Labute approximate surface area is 123 Å². The molecule has 106 valence electrons. The van der Waals surface area contributed by atoms with Gasteiger partial charge in [-0.1, -0.05) is 29.8 Å². The van der Waals surface area contributed by atoms with Crippen molar-refractivity contribution in [2.75, 3.05) is 26.3 Å². The lowest BCUT2D eigenvalue weighted by atomic mass is 10.1. The van der Waals surface area contributed by atoms with Crippen LogP contribution < -0.4 is 0 Å². The SMILES string of the molecule is Clc1ccccc1Cc1ncn(CN2CCOCC2)n1. The van der Waals surface area contributed by atoms with Crippen LogP contribution in [0, 0.1) is 0 Å². The van der Waals surface area contributed by atoms with Gasteiger partial charge in [0.05, 0.1) is 19.9 Å². The number of hydrogen-bond donors (Lipinski definition) is 0. The van der Waals surface area contributed by atoms with Gasteiger partial charge in [0.25, 0.3) is 0 Å². The average Bonchev–Trinajstić information content (AvgIpc) is 2.90. The Kier molecular flexibility index (Phi) is 4.30. The summed E-state index contributed by atoms with van der Waals surface area (Å²) in [7, 11) is 0. The topological polar surface area (TPSA) is 43.2 Å². The fraction of sp³-hybridized carbons (Fsp3) is 0.429. The molecular formula is C14H17ClN4O. The summed E-state index contributed by atoms with van der Waals surface area (Å²) in [6, 6.07) is 7.80. The normalized spacial score (nSPS) is 16.4. The quantitative estimate of drug-likeness (QED) is 0.862. The number of nitrogens with zero attached hydrogens (tertiary/aromatic N) is 4. The van der Waals surface area contributed by atoms with E-state index >= 15 is 0 Å². The van der Waals surface area contributed by atoms with Crippen LogP contribution >= 0.6 is 11.6 Å². The van der Waals surface area contributed by atoms with Crippen molar-refractivity contribution in [3.05, 3.63) is 47.0 Å². The maximum Gasteiger partial charge on any atom is 0.155 e. The van der Waals surface area contributed by atoms with Gasteiger partial charge < -0.3 is 4.74 Å². The molecule has 20 heavy (non-hydrogen) atoms. The van der Waals surface area contributed by atoms with Crippen LogP contribution in [0.15, 0.2) is 30.6 Å². The van der Waals surface area contributed by atoms with Crippen molar-refractivity contribution in [3.63, 3.8) is 0 Å². The molecule has 1 aromatic carbocycles. The van der Waals surface area contributed by atoms with Crippen LogP contribution in [0.25, 0.3) is 0 Å². The number of halogens is 1. The predicted molar refractivity (Wildman–Crippen MR) is 76.7 cm³/mol. The first-order chi connectivity index (χ1) is 9.81. The van der Waals surface area contributed by atoms with Crippen LogP contribution in [-0.2, 0) is 17.8 Å². The van der Waals surface area contributed by atoms with Gasteiger partial charge >= 0.3 is 0 Å². The first kappa shape index (κ1) is 13.5. The van der Waals surface area contributed by atoms with Gasteiger partial charge in [-0.25, -0.2) is 9.67 Å². The van der Waals surface area contributed by atoms with Gasteiger partial charge in [-0.15, -0.1) is 0 Å². The molecule has 1 aliphatic rings. The molecule has 1 fully saturated rings. The summed E-state index contributed by atoms with van der Waals surface area (Å²) in [5.41, 5.74) is 1.05. The van der Waals surface area contributed by atoms with Crippen molar-refractivity contribution in [3.8, 4) is 0 Å². The molecule has 0 spiro atoms. The van der Waals surface area contributed by atoms with Crippen molar-refractivity contribution >= 4 is 11.6 Å². The molecule has 1 aromatic heterocycles. The highest BCUT2D eigenvalue weighted by molar-refractivity contribution is 6.31. The summed E-state index contributed by atoms with van der Waals surface area (Å²) in [5.74, 6) is 0.798. The smallest absolute Gasteiger partial charge is 0.155 e. The second-order valence-electron chi connectivity index (χ2n) is 4.84. The summed E-state index contributed by atoms with van der Waals surface area (Å²) < 4.78 is 7.21. The van der Waals surface area contributed by atoms with Crippen LogP contribution in [0.5, 0.6) is 0 Å². The zero-order valence-corrected chi connectivity index (χ0v) is 12.0. The van der Waals surface area contributed by atoms with Crippen molar-refractivity contribution in [1.82, 2.24) is 19.7 Å². The van der Waals surface area contributed by atoms with Crippen molar-refractivity contribution in [2.45, 2.75) is 13.1 Å². The molecule has 0 atom stereocenters. The first-order valence-electron chi connectivity index (χ1n) is 6.73. The third kappa shape index (κ3) is 3.36. The fourth-order valence-electron chi connectivity index (χ4n) is 2.24. The van der Waals surface area contributed by atoms with Gasteiger partial charge in [0.2, 0.25) is 0 Å². The molecule has 0 amide bonds. The van der Waals surface area contributed by atoms with Crippen LogP contribution in [0.3, 0.4) is 0 Å². The second-order valence-corrected chi connectivity index (χ2v) is 5.25. The van der Waals surface area contributed by atoms with Gasteiger partial charge in [-0.05, 0) is 11.6 Å². The first-order valence-corrected chi connectivity index (χ1v) is 7.11. The standard InChI is InChI=1S/C14H17ClN4O/c15-13-4-2-1-3-12(13)9-14-16-10-19(17-14)11-18-5-7-20-8-6-18/h1-4,10H,5-9,11H2. The predicted octanol–water partition coefficient (Wildman–Crippen LogP) is 1.81. The third-order valence-corrected chi connectivity index (χ3v) is 3.71. The number of hydrogen-bond acceptors (Lipinski definition) is 4. The number of ether oxygens (including phenoxy) is 1. The van der Waals surface area contributed by atoms with Crippen LogP contribution in [0.1, 0.15) is 11.4 Å². The Morgan fingerprint density at radius 2 is 2.00 bits per heavy atom. The van der Waals surface area contributed by atoms with E-state index in [0.29, 0.717) is 6.42 Å². The number of morpholine rings is 1. The Bertz CT molecular complexity index is 566. The molecule has 5 nitrogen and oxygen atoms in total. The summed E-state index contributed by atoms with van der Waals surface area (Å²) in [5, 5.41) is 5.27. The number of rotatable bonds is 4. The van der Waals surface area contributed by atoms with Crippen LogP contribution in [-0.4, -0.2) is 46.0 Å². The highest BCUT2D eigenvalue weighted by Crippen LogP contribution is 2.17. The van der Waals surface area contributed by atoms with Crippen molar-refractivity contribution in [2.24, 2.45) is 0 Å².